The van der Waals surface area contributed by atoms with Gasteiger partial charge in [0.05, 0.1) is 0 Å². The topological polar surface area (TPSA) is 0 Å². The molecular weight excluding hydrogens is 144 g/mol. The van der Waals surface area contributed by atoms with Crippen molar-refractivity contribution >= 4 is 0 Å². The molecule has 0 radical (unpaired) electrons. The maximum Gasteiger partial charge on any atom is -0.0154 e. The molecule has 0 aliphatic heterocycles. The Morgan fingerprint density at radius 1 is 1.33 bits per heavy atom. The van der Waals surface area contributed by atoms with Crippen LogP contribution in [-0.4, -0.2) is 0 Å². The zero-order valence-electron chi connectivity index (χ0n) is 8.34. The summed E-state index contributed by atoms with van der Waals surface area (Å²) in [5.41, 5.74) is 0.659. The van der Waals surface area contributed by atoms with E-state index in [4.69, 9.17) is 0 Å². The van der Waals surface area contributed by atoms with Gasteiger partial charge in [0.25, 0.3) is 0 Å². The Kier molecular flexibility index (Phi) is 2.02. The Hall–Kier alpha value is -0.260. The summed E-state index contributed by atoms with van der Waals surface area (Å²) in [7, 11) is 0. The van der Waals surface area contributed by atoms with Gasteiger partial charge in [-0.1, -0.05) is 38.8 Å². The summed E-state index contributed by atoms with van der Waals surface area (Å²) < 4.78 is 0. The van der Waals surface area contributed by atoms with Crippen LogP contribution in [0.4, 0.5) is 0 Å². The molecule has 0 aromatic rings. The van der Waals surface area contributed by atoms with Crippen molar-refractivity contribution in [2.75, 3.05) is 0 Å². The summed E-state index contributed by atoms with van der Waals surface area (Å²) in [6, 6.07) is 0. The van der Waals surface area contributed by atoms with E-state index in [0.717, 1.165) is 11.8 Å². The fourth-order valence-electron chi connectivity index (χ4n) is 3.23. The van der Waals surface area contributed by atoms with Crippen LogP contribution < -0.4 is 0 Å². The van der Waals surface area contributed by atoms with Crippen LogP contribution >= 0.6 is 0 Å². The first-order chi connectivity index (χ1) is 5.72. The lowest BCUT2D eigenvalue weighted by molar-refractivity contribution is 0.0859. The summed E-state index contributed by atoms with van der Waals surface area (Å²) in [5, 5.41) is 0. The molecule has 0 heteroatoms. The molecule has 3 atom stereocenters. The highest BCUT2D eigenvalue weighted by Gasteiger charge is 2.39. The smallest absolute Gasteiger partial charge is 0.0154 e. The maximum absolute atomic E-state index is 2.50. The van der Waals surface area contributed by atoms with Crippen molar-refractivity contribution in [1.29, 1.82) is 0 Å². The van der Waals surface area contributed by atoms with E-state index in [0.29, 0.717) is 5.41 Å². The van der Waals surface area contributed by atoms with Crippen molar-refractivity contribution in [3.8, 4) is 0 Å². The van der Waals surface area contributed by atoms with Gasteiger partial charge in [-0.3, -0.25) is 0 Å². The second-order valence-electron chi connectivity index (χ2n) is 5.02. The van der Waals surface area contributed by atoms with E-state index in [2.05, 4.69) is 26.0 Å². The molecule has 12 heavy (non-hydrogen) atoms. The van der Waals surface area contributed by atoms with Crippen LogP contribution in [0, 0.1) is 17.3 Å². The molecular formula is C12H20. The van der Waals surface area contributed by atoms with E-state index in [-0.39, 0.29) is 0 Å². The quantitative estimate of drug-likeness (QED) is 0.478. The van der Waals surface area contributed by atoms with Gasteiger partial charge in [-0.15, -0.1) is 0 Å². The second-order valence-corrected chi connectivity index (χ2v) is 5.02. The average molecular weight is 164 g/mol. The minimum Gasteiger partial charge on any atom is -0.0882 e. The Balaban J connectivity index is 2.22. The van der Waals surface area contributed by atoms with Gasteiger partial charge >= 0.3 is 0 Å². The van der Waals surface area contributed by atoms with E-state index in [1.165, 1.54) is 32.1 Å². The number of allylic oxidation sites excluding steroid dienone is 2. The van der Waals surface area contributed by atoms with E-state index in [1.807, 2.05) is 0 Å². The Morgan fingerprint density at radius 2 is 2.17 bits per heavy atom. The first-order valence-corrected chi connectivity index (χ1v) is 5.39. The maximum atomic E-state index is 2.50. The molecule has 0 N–H and O–H groups in total. The van der Waals surface area contributed by atoms with E-state index >= 15 is 0 Å². The number of rotatable bonds is 0. The molecule has 0 heterocycles. The van der Waals surface area contributed by atoms with Crippen molar-refractivity contribution in [2.45, 2.75) is 46.0 Å². The minimum atomic E-state index is 0.659. The molecule has 0 amide bonds. The highest BCUT2D eigenvalue weighted by molar-refractivity contribution is 5.05. The van der Waals surface area contributed by atoms with Gasteiger partial charge in [-0.05, 0) is 36.5 Å². The molecule has 2 aliphatic rings. The Labute approximate surface area is 76.1 Å². The monoisotopic (exact) mass is 164 g/mol. The van der Waals surface area contributed by atoms with Crippen molar-refractivity contribution in [3.63, 3.8) is 0 Å². The zero-order chi connectivity index (χ0) is 8.60. The minimum absolute atomic E-state index is 0.659. The summed E-state index contributed by atoms with van der Waals surface area (Å²) >= 11 is 0. The van der Waals surface area contributed by atoms with Gasteiger partial charge in [-0.2, -0.15) is 0 Å². The molecule has 2 aliphatic carbocycles. The van der Waals surface area contributed by atoms with E-state index in [1.54, 1.807) is 0 Å². The van der Waals surface area contributed by atoms with E-state index in [9.17, 15) is 0 Å². The number of hydrogen-bond donors (Lipinski definition) is 0. The fraction of sp³-hybridized carbons (Fsp3) is 0.833. The molecule has 0 spiro atoms. The van der Waals surface area contributed by atoms with Crippen LogP contribution in [0.2, 0.25) is 0 Å². The van der Waals surface area contributed by atoms with Crippen LogP contribution in [0.25, 0.3) is 0 Å². The lowest BCUT2D eigenvalue weighted by Crippen LogP contribution is -2.36. The lowest BCUT2D eigenvalue weighted by Gasteiger charge is -2.46. The normalized spacial score (nSPS) is 47.2. The molecule has 1 fully saturated rings. The largest absolute Gasteiger partial charge is 0.0882 e. The van der Waals surface area contributed by atoms with Crippen molar-refractivity contribution < 1.29 is 0 Å². The highest BCUT2D eigenvalue weighted by Crippen LogP contribution is 2.49. The van der Waals surface area contributed by atoms with Gasteiger partial charge in [0.2, 0.25) is 0 Å². The molecule has 0 saturated heterocycles. The predicted molar refractivity (Wildman–Crippen MR) is 53.0 cm³/mol. The van der Waals surface area contributed by atoms with Crippen LogP contribution in [0.3, 0.4) is 0 Å². The second kappa shape index (κ2) is 2.90. The van der Waals surface area contributed by atoms with Crippen LogP contribution in [-0.2, 0) is 0 Å². The molecule has 2 rings (SSSR count). The van der Waals surface area contributed by atoms with Crippen molar-refractivity contribution in [2.24, 2.45) is 17.3 Å². The molecule has 68 valence electrons. The van der Waals surface area contributed by atoms with E-state index < -0.39 is 0 Å². The van der Waals surface area contributed by atoms with Gasteiger partial charge in [-0.25, -0.2) is 0 Å². The molecule has 0 bridgehead atoms. The zero-order valence-corrected chi connectivity index (χ0v) is 8.34. The van der Waals surface area contributed by atoms with Gasteiger partial charge in [0.1, 0.15) is 0 Å². The van der Waals surface area contributed by atoms with Crippen molar-refractivity contribution in [3.05, 3.63) is 12.2 Å². The SMILES string of the molecule is CC1CCCC2(C)CCC=CC12. The van der Waals surface area contributed by atoms with Crippen LogP contribution in [0.5, 0.6) is 0 Å². The average Bonchev–Trinajstić information content (AvgIpc) is 2.04. The third kappa shape index (κ3) is 1.22. The van der Waals surface area contributed by atoms with Gasteiger partial charge < -0.3 is 0 Å². The molecule has 3 unspecified atom stereocenters. The van der Waals surface area contributed by atoms with Gasteiger partial charge in [0.15, 0.2) is 0 Å². The summed E-state index contributed by atoms with van der Waals surface area (Å²) in [6.07, 6.45) is 12.0. The first kappa shape index (κ1) is 8.34. The Morgan fingerprint density at radius 3 is 2.92 bits per heavy atom. The molecule has 0 aromatic heterocycles. The summed E-state index contributed by atoms with van der Waals surface area (Å²) in [6.45, 7) is 4.93. The van der Waals surface area contributed by atoms with Crippen LogP contribution in [0.15, 0.2) is 12.2 Å². The number of fused-ring (bicyclic) bond motifs is 1. The fourth-order valence-corrected chi connectivity index (χ4v) is 3.23. The molecule has 0 nitrogen and oxygen atoms in total. The lowest BCUT2D eigenvalue weighted by atomic mass is 9.59. The predicted octanol–water partition coefficient (Wildman–Crippen LogP) is 3.78. The molecule has 1 saturated carbocycles. The first-order valence-electron chi connectivity index (χ1n) is 5.39. The number of hydrogen-bond acceptors (Lipinski definition) is 0. The highest BCUT2D eigenvalue weighted by atomic mass is 14.4. The third-order valence-electron chi connectivity index (χ3n) is 4.05. The molecule has 0 aromatic carbocycles. The van der Waals surface area contributed by atoms with Crippen LogP contribution in [0.1, 0.15) is 46.0 Å². The summed E-state index contributed by atoms with van der Waals surface area (Å²) in [4.78, 5) is 0. The van der Waals surface area contributed by atoms with Crippen molar-refractivity contribution in [1.82, 2.24) is 0 Å². The Bertz CT molecular complexity index is 192. The van der Waals surface area contributed by atoms with Gasteiger partial charge in [0, 0.05) is 0 Å². The summed E-state index contributed by atoms with van der Waals surface area (Å²) in [5.74, 6) is 1.82. The standard InChI is InChI=1S/C12H20/c1-10-6-5-9-12(2)8-4-3-7-11(10)12/h3,7,10-11H,4-6,8-9H2,1-2H3. The third-order valence-corrected chi connectivity index (χ3v) is 4.05.